The van der Waals surface area contributed by atoms with Gasteiger partial charge in [-0.05, 0) is 94.3 Å². The fourth-order valence-electron chi connectivity index (χ4n) is 3.94. The fourth-order valence-corrected chi connectivity index (χ4v) is 5.89. The standard InChI is InChI=1S/C29H22ClN3O5S2.Na.H/c1-38-24-11-6-20-14-19(2-5-21(20)17-24)15-26-28(35)32-29(39-26)31-23-9-3-18(4-10-23)16-27(34)33-40(36,37)25-12-7-22(30)8-13-25;;/h2-15,17H,16H2,1H3,(H,33,34)(H,31,32,35);;/q;+1;-1/b26-15-;;. The molecule has 1 fully saturated rings. The Morgan fingerprint density at radius 1 is 1.02 bits per heavy atom. The van der Waals surface area contributed by atoms with Crippen LogP contribution in [0, 0.1) is 0 Å². The average molecular weight is 616 g/mol. The summed E-state index contributed by atoms with van der Waals surface area (Å²) < 4.78 is 32.1. The molecular formula is C29H23ClN3NaO5S2. The summed E-state index contributed by atoms with van der Waals surface area (Å²) in [4.78, 5) is 29.8. The first-order valence-electron chi connectivity index (χ1n) is 12.0. The minimum Gasteiger partial charge on any atom is -1.00 e. The third-order valence-corrected chi connectivity index (χ3v) is 8.47. The van der Waals surface area contributed by atoms with Gasteiger partial charge in [0.2, 0.25) is 5.91 Å². The number of sulfonamides is 1. The van der Waals surface area contributed by atoms with Gasteiger partial charge < -0.3 is 11.5 Å². The summed E-state index contributed by atoms with van der Waals surface area (Å²) in [7, 11) is -2.37. The van der Waals surface area contributed by atoms with Crippen molar-refractivity contribution in [2.75, 3.05) is 7.11 Å². The zero-order valence-corrected chi connectivity index (χ0v) is 26.4. The van der Waals surface area contributed by atoms with Crippen LogP contribution in [0.1, 0.15) is 12.6 Å². The van der Waals surface area contributed by atoms with Crippen LogP contribution in [0.3, 0.4) is 0 Å². The van der Waals surface area contributed by atoms with Crippen LogP contribution < -0.4 is 44.3 Å². The first kappa shape index (κ1) is 30.8. The molecule has 0 radical (unpaired) electrons. The number of methoxy groups -OCH3 is 1. The minimum atomic E-state index is -4.00. The fraction of sp³-hybridized carbons (Fsp3) is 0.0690. The number of carbonyl (C=O) groups is 2. The van der Waals surface area contributed by atoms with Crippen LogP contribution in [-0.2, 0) is 26.0 Å². The van der Waals surface area contributed by atoms with Crippen LogP contribution in [0.4, 0.5) is 5.69 Å². The van der Waals surface area contributed by atoms with Crippen molar-refractivity contribution in [1.82, 2.24) is 10.0 Å². The summed E-state index contributed by atoms with van der Waals surface area (Å²) >= 11 is 7.03. The molecule has 4 aromatic carbocycles. The molecule has 2 amide bonds. The van der Waals surface area contributed by atoms with Gasteiger partial charge in [0.25, 0.3) is 15.9 Å². The number of benzene rings is 4. The van der Waals surface area contributed by atoms with Crippen molar-refractivity contribution >= 4 is 72.9 Å². The number of nitrogens with zero attached hydrogens (tertiary/aromatic N) is 1. The molecule has 1 saturated heterocycles. The van der Waals surface area contributed by atoms with Crippen molar-refractivity contribution in [2.45, 2.75) is 11.3 Å². The van der Waals surface area contributed by atoms with Crippen molar-refractivity contribution in [2.24, 2.45) is 4.99 Å². The summed E-state index contributed by atoms with van der Waals surface area (Å²) in [5, 5.41) is 5.66. The zero-order valence-electron chi connectivity index (χ0n) is 23.1. The Kier molecular flexibility index (Phi) is 9.96. The molecule has 0 aromatic heterocycles. The van der Waals surface area contributed by atoms with E-state index in [1.807, 2.05) is 42.5 Å². The molecule has 204 valence electrons. The van der Waals surface area contributed by atoms with E-state index in [0.29, 0.717) is 26.3 Å². The number of thioether (sulfide) groups is 1. The van der Waals surface area contributed by atoms with E-state index in [-0.39, 0.29) is 48.2 Å². The predicted molar refractivity (Wildman–Crippen MR) is 159 cm³/mol. The second-order valence-electron chi connectivity index (χ2n) is 8.78. The largest absolute Gasteiger partial charge is 1.00 e. The second kappa shape index (κ2) is 13.2. The maximum atomic E-state index is 12.5. The quantitative estimate of drug-likeness (QED) is 0.244. The van der Waals surface area contributed by atoms with Gasteiger partial charge in [-0.2, -0.15) is 0 Å². The normalized spacial score (nSPS) is 15.0. The van der Waals surface area contributed by atoms with Gasteiger partial charge in [0.1, 0.15) is 5.75 Å². The van der Waals surface area contributed by atoms with Crippen LogP contribution in [0.2, 0.25) is 5.02 Å². The minimum absolute atomic E-state index is 0. The van der Waals surface area contributed by atoms with E-state index in [4.69, 9.17) is 16.3 Å². The summed E-state index contributed by atoms with van der Waals surface area (Å²) in [6.07, 6.45) is 1.67. The molecule has 12 heteroatoms. The topological polar surface area (TPSA) is 114 Å². The van der Waals surface area contributed by atoms with Gasteiger partial charge in [0, 0.05) is 5.02 Å². The molecule has 1 heterocycles. The van der Waals surface area contributed by atoms with E-state index in [1.54, 1.807) is 31.4 Å². The number of amidine groups is 1. The van der Waals surface area contributed by atoms with E-state index >= 15 is 0 Å². The van der Waals surface area contributed by atoms with Gasteiger partial charge in [-0.1, -0.05) is 41.9 Å². The van der Waals surface area contributed by atoms with Gasteiger partial charge in [0.05, 0.1) is 29.0 Å². The maximum absolute atomic E-state index is 12.5. The van der Waals surface area contributed by atoms with Crippen LogP contribution >= 0.6 is 23.4 Å². The second-order valence-corrected chi connectivity index (χ2v) is 11.9. The zero-order chi connectivity index (χ0) is 28.3. The first-order valence-corrected chi connectivity index (χ1v) is 14.6. The summed E-state index contributed by atoms with van der Waals surface area (Å²) in [6.45, 7) is 0. The molecule has 41 heavy (non-hydrogen) atoms. The Labute approximate surface area is 270 Å². The van der Waals surface area contributed by atoms with E-state index in [0.717, 1.165) is 22.1 Å². The van der Waals surface area contributed by atoms with Crippen molar-refractivity contribution < 1.29 is 53.7 Å². The first-order chi connectivity index (χ1) is 19.2. The summed E-state index contributed by atoms with van der Waals surface area (Å²) in [6, 6.07) is 24.0. The average Bonchev–Trinajstić information content (AvgIpc) is 3.27. The molecule has 8 nitrogen and oxygen atoms in total. The Hall–Kier alpha value is -3.12. The maximum Gasteiger partial charge on any atom is 1.00 e. The Morgan fingerprint density at radius 2 is 1.71 bits per heavy atom. The van der Waals surface area contributed by atoms with Crippen molar-refractivity contribution in [1.29, 1.82) is 0 Å². The number of aliphatic imine (C=N–C) groups is 1. The van der Waals surface area contributed by atoms with Gasteiger partial charge >= 0.3 is 29.6 Å². The monoisotopic (exact) mass is 615 g/mol. The van der Waals surface area contributed by atoms with Crippen LogP contribution in [-0.4, -0.2) is 32.5 Å². The smallest absolute Gasteiger partial charge is 1.00 e. The number of carbonyl (C=O) groups excluding carboxylic acids is 2. The predicted octanol–water partition coefficient (Wildman–Crippen LogP) is 2.56. The Balaban J connectivity index is 0.00000242. The number of nitrogens with one attached hydrogen (secondary N) is 2. The van der Waals surface area contributed by atoms with Crippen molar-refractivity contribution in [3.63, 3.8) is 0 Å². The molecule has 1 aliphatic rings. The molecular weight excluding hydrogens is 593 g/mol. The van der Waals surface area contributed by atoms with E-state index in [1.165, 1.54) is 36.0 Å². The van der Waals surface area contributed by atoms with Crippen molar-refractivity contribution in [3.8, 4) is 5.75 Å². The van der Waals surface area contributed by atoms with E-state index < -0.39 is 15.9 Å². The number of halogens is 1. The van der Waals surface area contributed by atoms with E-state index in [9.17, 15) is 18.0 Å². The van der Waals surface area contributed by atoms with Gasteiger partial charge in [0.15, 0.2) is 5.17 Å². The van der Waals surface area contributed by atoms with Crippen LogP contribution in [0.15, 0.2) is 99.7 Å². The van der Waals surface area contributed by atoms with Gasteiger partial charge in [-0.25, -0.2) is 18.1 Å². The molecule has 0 spiro atoms. The Bertz CT molecular complexity index is 1800. The molecule has 0 aliphatic carbocycles. The molecule has 0 saturated carbocycles. The summed E-state index contributed by atoms with van der Waals surface area (Å²) in [5.74, 6) is -0.132. The summed E-state index contributed by atoms with van der Waals surface area (Å²) in [5.41, 5.74) is 2.06. The Morgan fingerprint density at radius 3 is 2.41 bits per heavy atom. The molecule has 2 N–H and O–H groups in total. The molecule has 0 unspecified atom stereocenters. The van der Waals surface area contributed by atoms with Gasteiger partial charge in [-0.3, -0.25) is 9.59 Å². The number of fused-ring (bicyclic) bond motifs is 1. The van der Waals surface area contributed by atoms with E-state index in [2.05, 4.69) is 15.0 Å². The number of rotatable bonds is 7. The molecule has 0 bridgehead atoms. The van der Waals surface area contributed by atoms with Gasteiger partial charge in [-0.15, -0.1) is 0 Å². The third kappa shape index (κ3) is 7.79. The molecule has 1 aliphatic heterocycles. The van der Waals surface area contributed by atoms with Crippen LogP contribution in [0.5, 0.6) is 5.75 Å². The number of hydrogen-bond donors (Lipinski definition) is 2. The number of ether oxygens (including phenoxy) is 1. The SMILES string of the molecule is COc1ccc2cc(/C=C3\SC(=Nc4ccc(CC(=O)NS(=O)(=O)c5ccc(Cl)cc5)cc4)NC3=O)ccc2c1.[H-].[Na+]. The number of hydrogen-bond acceptors (Lipinski definition) is 7. The molecule has 0 atom stereocenters. The molecule has 4 aromatic rings. The molecule has 5 rings (SSSR count). The van der Waals surface area contributed by atoms with Crippen molar-refractivity contribution in [3.05, 3.63) is 106 Å². The van der Waals surface area contributed by atoms with Crippen LogP contribution in [0.25, 0.3) is 16.8 Å². The number of amides is 2. The third-order valence-electron chi connectivity index (χ3n) is 5.92.